The van der Waals surface area contributed by atoms with E-state index in [4.69, 9.17) is 15.2 Å². The van der Waals surface area contributed by atoms with Gasteiger partial charge < -0.3 is 15.2 Å². The second kappa shape index (κ2) is 9.12. The average molecular weight is 444 g/mol. The zero-order valence-electron chi connectivity index (χ0n) is 18.7. The summed E-state index contributed by atoms with van der Waals surface area (Å²) in [7, 11) is 1.58. The Balaban J connectivity index is 1.92. The van der Waals surface area contributed by atoms with Crippen LogP contribution < -0.4 is 10.5 Å². The van der Waals surface area contributed by atoms with Crippen LogP contribution in [0.25, 0.3) is 22.2 Å². The van der Waals surface area contributed by atoms with Crippen LogP contribution in [0.2, 0.25) is 0 Å². The molecule has 0 bridgehead atoms. The third-order valence-electron chi connectivity index (χ3n) is 5.34. The molecule has 0 saturated heterocycles. The van der Waals surface area contributed by atoms with Gasteiger partial charge in [-0.3, -0.25) is 4.79 Å². The number of carbonyl (C=O) groups is 2. The van der Waals surface area contributed by atoms with Crippen molar-refractivity contribution in [2.45, 2.75) is 20.4 Å². The van der Waals surface area contributed by atoms with Gasteiger partial charge in [-0.05, 0) is 31.5 Å². The predicted octanol–water partition coefficient (Wildman–Crippen LogP) is 4.06. The van der Waals surface area contributed by atoms with Gasteiger partial charge in [-0.1, -0.05) is 42.5 Å². The van der Waals surface area contributed by atoms with Crippen molar-refractivity contribution in [2.24, 2.45) is 0 Å². The summed E-state index contributed by atoms with van der Waals surface area (Å²) in [5.41, 5.74) is 9.38. The summed E-state index contributed by atoms with van der Waals surface area (Å²) in [4.78, 5) is 30.3. The summed E-state index contributed by atoms with van der Waals surface area (Å²) in [6.07, 6.45) is 0. The monoisotopic (exact) mass is 444 g/mol. The van der Waals surface area contributed by atoms with E-state index in [0.29, 0.717) is 39.2 Å². The van der Waals surface area contributed by atoms with Crippen LogP contribution in [0, 0.1) is 6.92 Å². The number of pyridine rings is 1. The summed E-state index contributed by atoms with van der Waals surface area (Å²) in [6, 6.07) is 16.2. The largest absolute Gasteiger partial charge is 0.497 e. The van der Waals surface area contributed by atoms with Crippen LogP contribution in [-0.2, 0) is 11.3 Å². The minimum atomic E-state index is -0.497. The number of aromatic nitrogens is 3. The SMILES string of the molecule is CCOC(=O)c1c(C)nc2c(c(N)nn2CC(=O)c2ccccc2)c1-c1ccc(OC)cc1. The Morgan fingerprint density at radius 1 is 1.06 bits per heavy atom. The Morgan fingerprint density at radius 2 is 1.76 bits per heavy atom. The lowest BCUT2D eigenvalue weighted by atomic mass is 9.95. The number of aryl methyl sites for hydroxylation is 1. The third kappa shape index (κ3) is 4.15. The highest BCUT2D eigenvalue weighted by Crippen LogP contribution is 2.37. The molecule has 0 aliphatic rings. The first kappa shape index (κ1) is 22.0. The van der Waals surface area contributed by atoms with E-state index in [0.717, 1.165) is 5.56 Å². The number of carbonyl (C=O) groups excluding carboxylic acids is 2. The van der Waals surface area contributed by atoms with E-state index >= 15 is 0 Å². The smallest absolute Gasteiger partial charge is 0.340 e. The first-order chi connectivity index (χ1) is 15.9. The lowest BCUT2D eigenvalue weighted by Gasteiger charge is -2.14. The highest BCUT2D eigenvalue weighted by molar-refractivity contribution is 6.10. The second-order valence-corrected chi connectivity index (χ2v) is 7.43. The molecule has 0 amide bonds. The van der Waals surface area contributed by atoms with Crippen molar-refractivity contribution in [1.82, 2.24) is 14.8 Å². The molecule has 0 atom stereocenters. The fourth-order valence-corrected chi connectivity index (χ4v) is 3.81. The van der Waals surface area contributed by atoms with Crippen molar-refractivity contribution in [3.63, 3.8) is 0 Å². The molecule has 0 radical (unpaired) electrons. The number of nitrogen functional groups attached to an aromatic ring is 1. The number of anilines is 1. The van der Waals surface area contributed by atoms with Crippen molar-refractivity contribution >= 4 is 28.6 Å². The van der Waals surface area contributed by atoms with Crippen molar-refractivity contribution in [3.8, 4) is 16.9 Å². The number of ketones is 1. The first-order valence-electron chi connectivity index (χ1n) is 10.5. The van der Waals surface area contributed by atoms with Gasteiger partial charge in [0.25, 0.3) is 0 Å². The van der Waals surface area contributed by atoms with E-state index < -0.39 is 5.97 Å². The number of nitrogens with zero attached hydrogens (tertiary/aromatic N) is 3. The topological polar surface area (TPSA) is 109 Å². The summed E-state index contributed by atoms with van der Waals surface area (Å²) in [5, 5.41) is 4.89. The molecule has 2 aromatic heterocycles. The van der Waals surface area contributed by atoms with E-state index in [1.54, 1.807) is 57.4 Å². The number of rotatable bonds is 7. The van der Waals surface area contributed by atoms with Crippen LogP contribution in [-0.4, -0.2) is 40.2 Å². The van der Waals surface area contributed by atoms with Crippen molar-refractivity contribution in [1.29, 1.82) is 0 Å². The first-order valence-corrected chi connectivity index (χ1v) is 10.5. The van der Waals surface area contributed by atoms with E-state index in [2.05, 4.69) is 10.1 Å². The van der Waals surface area contributed by atoms with Gasteiger partial charge in [0.2, 0.25) is 0 Å². The van der Waals surface area contributed by atoms with Gasteiger partial charge in [-0.2, -0.15) is 5.10 Å². The van der Waals surface area contributed by atoms with E-state index in [-0.39, 0.29) is 24.8 Å². The second-order valence-electron chi connectivity index (χ2n) is 7.43. The predicted molar refractivity (Wildman–Crippen MR) is 125 cm³/mol. The summed E-state index contributed by atoms with van der Waals surface area (Å²) >= 11 is 0. The quantitative estimate of drug-likeness (QED) is 0.338. The number of hydrogen-bond acceptors (Lipinski definition) is 7. The van der Waals surface area contributed by atoms with E-state index in [1.807, 2.05) is 18.2 Å². The van der Waals surface area contributed by atoms with Crippen LogP contribution >= 0.6 is 0 Å². The van der Waals surface area contributed by atoms with Gasteiger partial charge in [0.05, 0.1) is 30.4 Å². The standard InChI is InChI=1S/C25H24N4O4/c1-4-33-25(31)20-15(2)27-24-22(21(20)17-10-12-18(32-3)13-11-17)23(26)28-29(24)14-19(30)16-8-6-5-7-9-16/h5-13H,4,14H2,1-3H3,(H2,26,28). The van der Waals surface area contributed by atoms with Gasteiger partial charge in [0.1, 0.15) is 12.3 Å². The minimum absolute atomic E-state index is 0.0367. The van der Waals surface area contributed by atoms with Crippen LogP contribution in [0.3, 0.4) is 0 Å². The number of ether oxygens (including phenoxy) is 2. The molecular formula is C25H24N4O4. The van der Waals surface area contributed by atoms with E-state index in [9.17, 15) is 9.59 Å². The lowest BCUT2D eigenvalue weighted by Crippen LogP contribution is -2.14. The molecule has 4 aromatic rings. The van der Waals surface area contributed by atoms with Gasteiger partial charge in [-0.15, -0.1) is 0 Å². The van der Waals surface area contributed by atoms with Crippen LogP contribution in [0.15, 0.2) is 54.6 Å². The lowest BCUT2D eigenvalue weighted by molar-refractivity contribution is 0.0526. The van der Waals surface area contributed by atoms with Crippen molar-refractivity contribution < 1.29 is 19.1 Å². The Labute approximate surface area is 190 Å². The Bertz CT molecular complexity index is 1330. The fraction of sp³-hybridized carbons (Fsp3) is 0.200. The molecular weight excluding hydrogens is 420 g/mol. The van der Waals surface area contributed by atoms with Gasteiger partial charge in [0.15, 0.2) is 17.2 Å². The summed E-state index contributed by atoms with van der Waals surface area (Å²) in [6.45, 7) is 3.66. The van der Waals surface area contributed by atoms with Crippen LogP contribution in [0.5, 0.6) is 5.75 Å². The van der Waals surface area contributed by atoms with Crippen LogP contribution in [0.4, 0.5) is 5.82 Å². The van der Waals surface area contributed by atoms with Gasteiger partial charge >= 0.3 is 5.97 Å². The molecule has 0 saturated carbocycles. The van der Waals surface area contributed by atoms with E-state index in [1.165, 1.54) is 4.68 Å². The molecule has 2 N–H and O–H groups in total. The molecule has 0 aliphatic heterocycles. The Morgan fingerprint density at radius 3 is 2.39 bits per heavy atom. The van der Waals surface area contributed by atoms with Gasteiger partial charge in [-0.25, -0.2) is 14.5 Å². The number of esters is 1. The summed E-state index contributed by atoms with van der Waals surface area (Å²) in [5.74, 6) is 0.230. The molecule has 0 unspecified atom stereocenters. The number of hydrogen-bond donors (Lipinski definition) is 1. The Kier molecular flexibility index (Phi) is 6.08. The zero-order chi connectivity index (χ0) is 23.5. The maximum atomic E-state index is 12.9. The molecule has 4 rings (SSSR count). The molecule has 168 valence electrons. The minimum Gasteiger partial charge on any atom is -0.497 e. The molecule has 0 spiro atoms. The average Bonchev–Trinajstić information content (AvgIpc) is 3.13. The number of benzene rings is 2. The zero-order valence-corrected chi connectivity index (χ0v) is 18.7. The maximum Gasteiger partial charge on any atom is 0.340 e. The number of methoxy groups -OCH3 is 1. The van der Waals surface area contributed by atoms with Crippen molar-refractivity contribution in [2.75, 3.05) is 19.5 Å². The molecule has 2 aromatic carbocycles. The number of nitrogens with two attached hydrogens (primary N) is 1. The highest BCUT2D eigenvalue weighted by Gasteiger charge is 2.26. The molecule has 8 heteroatoms. The highest BCUT2D eigenvalue weighted by atomic mass is 16.5. The molecule has 0 aliphatic carbocycles. The maximum absolute atomic E-state index is 12.9. The fourth-order valence-electron chi connectivity index (χ4n) is 3.81. The molecule has 33 heavy (non-hydrogen) atoms. The normalized spacial score (nSPS) is 10.9. The van der Waals surface area contributed by atoms with Crippen LogP contribution in [0.1, 0.15) is 33.3 Å². The summed E-state index contributed by atoms with van der Waals surface area (Å²) < 4.78 is 12.1. The molecule has 2 heterocycles. The van der Waals surface area contributed by atoms with Gasteiger partial charge in [0, 0.05) is 11.1 Å². The molecule has 8 nitrogen and oxygen atoms in total. The number of Topliss-reactive ketones (excluding diaryl/α,β-unsaturated/α-hetero) is 1. The third-order valence-corrected chi connectivity index (χ3v) is 5.34. The molecule has 0 fully saturated rings. The Hall–Kier alpha value is -4.20. The van der Waals surface area contributed by atoms with Crippen molar-refractivity contribution in [3.05, 3.63) is 71.4 Å². The number of fused-ring (bicyclic) bond motifs is 1.